The fourth-order valence-corrected chi connectivity index (χ4v) is 3.38. The number of anilines is 1. The molecule has 24 heavy (non-hydrogen) atoms. The van der Waals surface area contributed by atoms with E-state index in [1.807, 2.05) is 30.3 Å². The van der Waals surface area contributed by atoms with Crippen molar-refractivity contribution in [1.29, 1.82) is 0 Å². The van der Waals surface area contributed by atoms with Crippen LogP contribution in [0.25, 0.3) is 22.6 Å². The molecule has 0 N–H and O–H groups in total. The smallest absolute Gasteiger partial charge is 0.184 e. The van der Waals surface area contributed by atoms with Gasteiger partial charge in [0.2, 0.25) is 0 Å². The van der Waals surface area contributed by atoms with Crippen molar-refractivity contribution in [3.05, 3.63) is 18.0 Å². The standard InChI is InChI=1S/C17H23N7/c1-12-19-20-17(22(12)2)15-13-8-9-14(18-16(13)23(3)21-15)24-10-6-4-5-7-11-24/h8-9H,4-7,10-11H2,1-3H3. The third-order valence-corrected chi connectivity index (χ3v) is 4.91. The molecule has 7 nitrogen and oxygen atoms in total. The second-order valence-corrected chi connectivity index (χ2v) is 6.54. The van der Waals surface area contributed by atoms with Crippen molar-refractivity contribution < 1.29 is 0 Å². The van der Waals surface area contributed by atoms with E-state index in [1.54, 1.807) is 0 Å². The molecule has 1 aliphatic heterocycles. The molecule has 0 atom stereocenters. The van der Waals surface area contributed by atoms with Crippen LogP contribution < -0.4 is 4.90 Å². The minimum absolute atomic E-state index is 0.780. The summed E-state index contributed by atoms with van der Waals surface area (Å²) < 4.78 is 3.81. The molecule has 0 radical (unpaired) electrons. The van der Waals surface area contributed by atoms with Gasteiger partial charge in [0.25, 0.3) is 0 Å². The van der Waals surface area contributed by atoms with E-state index in [1.165, 1.54) is 25.7 Å². The van der Waals surface area contributed by atoms with Gasteiger partial charge in [-0.3, -0.25) is 0 Å². The van der Waals surface area contributed by atoms with Crippen molar-refractivity contribution in [3.63, 3.8) is 0 Å². The monoisotopic (exact) mass is 325 g/mol. The number of aromatic nitrogens is 6. The van der Waals surface area contributed by atoms with Crippen LogP contribution in [0.4, 0.5) is 5.82 Å². The van der Waals surface area contributed by atoms with E-state index in [-0.39, 0.29) is 0 Å². The average molecular weight is 325 g/mol. The zero-order chi connectivity index (χ0) is 16.7. The molecule has 0 saturated carbocycles. The Balaban J connectivity index is 1.78. The molecule has 126 valence electrons. The lowest BCUT2D eigenvalue weighted by atomic mass is 10.2. The van der Waals surface area contributed by atoms with Crippen LogP contribution in [0, 0.1) is 6.92 Å². The fraction of sp³-hybridized carbons (Fsp3) is 0.529. The molecule has 0 aromatic carbocycles. The zero-order valence-corrected chi connectivity index (χ0v) is 14.5. The van der Waals surface area contributed by atoms with E-state index < -0.39 is 0 Å². The van der Waals surface area contributed by atoms with Crippen molar-refractivity contribution in [3.8, 4) is 11.5 Å². The first-order valence-electron chi connectivity index (χ1n) is 8.60. The van der Waals surface area contributed by atoms with Crippen LogP contribution in [0.15, 0.2) is 12.1 Å². The average Bonchev–Trinajstić information content (AvgIpc) is 2.95. The molecule has 0 spiro atoms. The normalized spacial score (nSPS) is 15.9. The van der Waals surface area contributed by atoms with Crippen LogP contribution in [0.3, 0.4) is 0 Å². The summed E-state index contributed by atoms with van der Waals surface area (Å²) in [4.78, 5) is 7.29. The third-order valence-electron chi connectivity index (χ3n) is 4.91. The maximum atomic E-state index is 4.89. The Morgan fingerprint density at radius 3 is 2.38 bits per heavy atom. The number of hydrogen-bond donors (Lipinski definition) is 0. The Hall–Kier alpha value is -2.44. The van der Waals surface area contributed by atoms with E-state index >= 15 is 0 Å². The summed E-state index contributed by atoms with van der Waals surface area (Å²) in [6, 6.07) is 4.23. The molecule has 0 aliphatic carbocycles. The van der Waals surface area contributed by atoms with Crippen LogP contribution in [0.2, 0.25) is 0 Å². The molecule has 0 bridgehead atoms. The Bertz CT molecular complexity index is 869. The van der Waals surface area contributed by atoms with Gasteiger partial charge in [-0.05, 0) is 31.9 Å². The Labute approximate surface area is 141 Å². The van der Waals surface area contributed by atoms with Gasteiger partial charge in [-0.2, -0.15) is 5.10 Å². The summed E-state index contributed by atoms with van der Waals surface area (Å²) >= 11 is 0. The highest BCUT2D eigenvalue weighted by Crippen LogP contribution is 2.28. The quantitative estimate of drug-likeness (QED) is 0.724. The Morgan fingerprint density at radius 1 is 0.958 bits per heavy atom. The van der Waals surface area contributed by atoms with Crippen LogP contribution in [-0.2, 0) is 14.1 Å². The summed E-state index contributed by atoms with van der Waals surface area (Å²) in [5.41, 5.74) is 1.73. The highest BCUT2D eigenvalue weighted by atomic mass is 15.3. The Morgan fingerprint density at radius 2 is 1.71 bits per heavy atom. The van der Waals surface area contributed by atoms with Gasteiger partial charge in [0.05, 0.1) is 5.39 Å². The van der Waals surface area contributed by atoms with Crippen LogP contribution in [-0.4, -0.2) is 42.6 Å². The highest BCUT2D eigenvalue weighted by Gasteiger charge is 2.19. The van der Waals surface area contributed by atoms with Gasteiger partial charge >= 0.3 is 0 Å². The topological polar surface area (TPSA) is 64.7 Å². The molecule has 1 saturated heterocycles. The number of fused-ring (bicyclic) bond motifs is 1. The molecule has 7 heteroatoms. The number of hydrogen-bond acceptors (Lipinski definition) is 5. The van der Waals surface area contributed by atoms with E-state index in [9.17, 15) is 0 Å². The second kappa shape index (κ2) is 5.89. The van der Waals surface area contributed by atoms with E-state index in [2.05, 4.69) is 32.3 Å². The van der Waals surface area contributed by atoms with Gasteiger partial charge in [-0.15, -0.1) is 10.2 Å². The first-order valence-corrected chi connectivity index (χ1v) is 8.60. The maximum absolute atomic E-state index is 4.89. The fourth-order valence-electron chi connectivity index (χ4n) is 3.38. The minimum Gasteiger partial charge on any atom is -0.357 e. The first kappa shape index (κ1) is 15.1. The molecule has 1 fully saturated rings. The summed E-state index contributed by atoms with van der Waals surface area (Å²) in [7, 11) is 3.90. The maximum Gasteiger partial charge on any atom is 0.184 e. The lowest BCUT2D eigenvalue weighted by Crippen LogP contribution is -2.24. The number of nitrogens with zero attached hydrogens (tertiary/aromatic N) is 7. The van der Waals surface area contributed by atoms with Crippen LogP contribution in [0.1, 0.15) is 31.5 Å². The summed E-state index contributed by atoms with van der Waals surface area (Å²) in [5, 5.41) is 14.1. The van der Waals surface area contributed by atoms with E-state index in [0.29, 0.717) is 0 Å². The predicted molar refractivity (Wildman–Crippen MR) is 93.9 cm³/mol. The van der Waals surface area contributed by atoms with Gasteiger partial charge in [0, 0.05) is 27.2 Å². The lowest BCUT2D eigenvalue weighted by molar-refractivity contribution is 0.726. The number of pyridine rings is 1. The number of rotatable bonds is 2. The highest BCUT2D eigenvalue weighted by molar-refractivity contribution is 5.90. The van der Waals surface area contributed by atoms with Gasteiger partial charge in [-0.1, -0.05) is 12.8 Å². The largest absolute Gasteiger partial charge is 0.357 e. The summed E-state index contributed by atoms with van der Waals surface area (Å²) in [6.07, 6.45) is 5.13. The zero-order valence-electron chi connectivity index (χ0n) is 14.5. The molecule has 4 rings (SSSR count). The van der Waals surface area contributed by atoms with Gasteiger partial charge in [0.15, 0.2) is 11.5 Å². The summed E-state index contributed by atoms with van der Waals surface area (Å²) in [5.74, 6) is 2.70. The Kier molecular flexibility index (Phi) is 3.70. The van der Waals surface area contributed by atoms with Gasteiger partial charge < -0.3 is 9.47 Å². The van der Waals surface area contributed by atoms with Crippen molar-refractivity contribution in [1.82, 2.24) is 29.5 Å². The van der Waals surface area contributed by atoms with Gasteiger partial charge in [-0.25, -0.2) is 9.67 Å². The second-order valence-electron chi connectivity index (χ2n) is 6.54. The lowest BCUT2D eigenvalue weighted by Gasteiger charge is -2.21. The van der Waals surface area contributed by atoms with Crippen LogP contribution in [0.5, 0.6) is 0 Å². The molecule has 1 aliphatic rings. The molecule has 0 amide bonds. The van der Waals surface area contributed by atoms with Crippen molar-refractivity contribution in [2.75, 3.05) is 18.0 Å². The van der Waals surface area contributed by atoms with Crippen molar-refractivity contribution >= 4 is 16.9 Å². The molecule has 3 aromatic rings. The minimum atomic E-state index is 0.780. The third kappa shape index (κ3) is 2.44. The van der Waals surface area contributed by atoms with Crippen molar-refractivity contribution in [2.45, 2.75) is 32.6 Å². The summed E-state index contributed by atoms with van der Waals surface area (Å²) in [6.45, 7) is 4.12. The molecular formula is C17H23N7. The molecule has 0 unspecified atom stereocenters. The van der Waals surface area contributed by atoms with E-state index in [0.717, 1.165) is 47.3 Å². The van der Waals surface area contributed by atoms with Crippen molar-refractivity contribution in [2.24, 2.45) is 14.1 Å². The van der Waals surface area contributed by atoms with Crippen LogP contribution >= 0.6 is 0 Å². The SMILES string of the molecule is Cc1nnc(-c2nn(C)c3nc(N4CCCCCC4)ccc23)n1C. The molecular weight excluding hydrogens is 302 g/mol. The van der Waals surface area contributed by atoms with E-state index in [4.69, 9.17) is 4.98 Å². The first-order chi connectivity index (χ1) is 11.6. The number of aryl methyl sites for hydroxylation is 2. The molecule has 3 aromatic heterocycles. The molecule has 4 heterocycles. The predicted octanol–water partition coefficient (Wildman–Crippen LogP) is 2.45. The van der Waals surface area contributed by atoms with Gasteiger partial charge in [0.1, 0.15) is 17.3 Å².